The van der Waals surface area contributed by atoms with Gasteiger partial charge in [0.15, 0.2) is 4.96 Å². The van der Waals surface area contributed by atoms with Gasteiger partial charge in [-0.05, 0) is 31.8 Å². The Balaban J connectivity index is 0.00000146. The number of nitrogens with zero attached hydrogens (tertiary/aromatic N) is 3. The maximum atomic E-state index is 12.2. The Morgan fingerprint density at radius 3 is 3.04 bits per heavy atom. The fraction of sp³-hybridized carbons (Fsp3) is 0.312. The molecule has 5 rings (SSSR count). The van der Waals surface area contributed by atoms with Crippen molar-refractivity contribution in [2.45, 2.75) is 31.7 Å². The number of aromatic nitrogens is 2. The van der Waals surface area contributed by atoms with E-state index in [2.05, 4.69) is 9.38 Å². The minimum atomic E-state index is -1.29. The molecule has 0 aromatic carbocycles. The van der Waals surface area contributed by atoms with Gasteiger partial charge in [0, 0.05) is 22.3 Å². The number of amides is 1. The van der Waals surface area contributed by atoms with Gasteiger partial charge in [-0.2, -0.15) is 0 Å². The predicted molar refractivity (Wildman–Crippen MR) is 81.4 cm³/mol. The molecule has 6 nitrogen and oxygen atoms in total. The summed E-state index contributed by atoms with van der Waals surface area (Å²) in [5.74, 6) is -1.55. The summed E-state index contributed by atoms with van der Waals surface area (Å²) < 4.78 is 2.12. The molecule has 0 radical (unpaired) electrons. The van der Waals surface area contributed by atoms with E-state index in [1.54, 1.807) is 23.5 Å². The van der Waals surface area contributed by atoms with Crippen LogP contribution >= 0.6 is 11.3 Å². The van der Waals surface area contributed by atoms with Gasteiger partial charge in [0.05, 0.1) is 23.4 Å². The number of carbonyl (C=O) groups is 2. The van der Waals surface area contributed by atoms with Crippen LogP contribution in [0.1, 0.15) is 29.1 Å². The van der Waals surface area contributed by atoms with Crippen LogP contribution in [0.3, 0.4) is 0 Å². The van der Waals surface area contributed by atoms with E-state index in [0.717, 1.165) is 23.5 Å². The first-order chi connectivity index (χ1) is 11.1. The van der Waals surface area contributed by atoms with Crippen molar-refractivity contribution in [3.05, 3.63) is 39.8 Å². The van der Waals surface area contributed by atoms with E-state index < -0.39 is 5.97 Å². The third-order valence-electron chi connectivity index (χ3n) is 4.78. The molecule has 1 fully saturated rings. The maximum Gasteiger partial charge on any atom is 1.00 e. The van der Waals surface area contributed by atoms with Crippen LogP contribution in [0, 0.1) is 0 Å². The van der Waals surface area contributed by atoms with Gasteiger partial charge in [0.25, 0.3) is 5.91 Å². The number of imidazole rings is 1. The number of β-lactam (4-membered cyclic amide) rings is 1. The molecule has 2 aromatic rings. The Labute approximate surface area is 163 Å². The van der Waals surface area contributed by atoms with Crippen LogP contribution in [-0.4, -0.2) is 32.2 Å². The SMILES string of the molecule is O=C([O-])C1=CCC2/C(=C\c3cn4c5c(sc4n3)CCC5)C(=O)N12.[Na+]. The van der Waals surface area contributed by atoms with Crippen molar-refractivity contribution in [2.75, 3.05) is 0 Å². The van der Waals surface area contributed by atoms with Crippen molar-refractivity contribution in [3.8, 4) is 0 Å². The minimum Gasteiger partial charge on any atom is -0.543 e. The van der Waals surface area contributed by atoms with Crippen molar-refractivity contribution >= 4 is 34.3 Å². The number of carboxylic acids is 1. The Morgan fingerprint density at radius 2 is 2.25 bits per heavy atom. The quantitative estimate of drug-likeness (QED) is 0.342. The van der Waals surface area contributed by atoms with Crippen LogP contribution in [0.4, 0.5) is 0 Å². The summed E-state index contributed by atoms with van der Waals surface area (Å²) in [5.41, 5.74) is 2.71. The second kappa shape index (κ2) is 5.56. The second-order valence-corrected chi connectivity index (χ2v) is 7.11. The van der Waals surface area contributed by atoms with E-state index in [0.29, 0.717) is 12.0 Å². The van der Waals surface area contributed by atoms with Crippen molar-refractivity contribution in [3.63, 3.8) is 0 Å². The van der Waals surface area contributed by atoms with Gasteiger partial charge >= 0.3 is 29.6 Å². The molecule has 116 valence electrons. The molecule has 1 atom stereocenters. The molecule has 2 aromatic heterocycles. The molecular weight excluding hydrogens is 337 g/mol. The van der Waals surface area contributed by atoms with Gasteiger partial charge in [0.2, 0.25) is 0 Å². The molecule has 0 saturated carbocycles. The minimum absolute atomic E-state index is 0. The van der Waals surface area contributed by atoms with Crippen LogP contribution in [0.15, 0.2) is 23.5 Å². The number of carbonyl (C=O) groups excluding carboxylic acids is 2. The van der Waals surface area contributed by atoms with Crippen LogP contribution < -0.4 is 34.7 Å². The van der Waals surface area contributed by atoms with Gasteiger partial charge in [-0.15, -0.1) is 11.3 Å². The second-order valence-electron chi connectivity index (χ2n) is 6.05. The number of carboxylic acid groups (broad SMARTS) is 1. The van der Waals surface area contributed by atoms with E-state index in [9.17, 15) is 14.7 Å². The van der Waals surface area contributed by atoms with Gasteiger partial charge in [-0.25, -0.2) is 4.98 Å². The number of hydrogen-bond acceptors (Lipinski definition) is 5. The molecule has 0 bridgehead atoms. The number of thiazole rings is 1. The van der Waals surface area contributed by atoms with Gasteiger partial charge < -0.3 is 9.90 Å². The maximum absolute atomic E-state index is 12.2. The van der Waals surface area contributed by atoms with Gasteiger partial charge in [-0.1, -0.05) is 6.08 Å². The van der Waals surface area contributed by atoms with Crippen LogP contribution in [0.2, 0.25) is 0 Å². The van der Waals surface area contributed by atoms with E-state index in [1.807, 2.05) is 6.20 Å². The molecule has 3 aliphatic rings. The third-order valence-corrected chi connectivity index (χ3v) is 5.94. The zero-order valence-corrected chi connectivity index (χ0v) is 15.9. The summed E-state index contributed by atoms with van der Waals surface area (Å²) in [6, 6.07) is -0.180. The van der Waals surface area contributed by atoms with Crippen LogP contribution in [0.25, 0.3) is 11.0 Å². The summed E-state index contributed by atoms with van der Waals surface area (Å²) in [7, 11) is 0. The Kier molecular flexibility index (Phi) is 3.72. The zero-order valence-electron chi connectivity index (χ0n) is 13.1. The number of aryl methyl sites for hydroxylation is 2. The average Bonchev–Trinajstić information content (AvgIpc) is 3.23. The summed E-state index contributed by atoms with van der Waals surface area (Å²) in [6.45, 7) is 0. The molecule has 24 heavy (non-hydrogen) atoms. The first-order valence-electron chi connectivity index (χ1n) is 7.60. The summed E-state index contributed by atoms with van der Waals surface area (Å²) >= 11 is 1.72. The molecule has 2 aliphatic heterocycles. The third kappa shape index (κ3) is 2.08. The molecule has 1 amide bonds. The van der Waals surface area contributed by atoms with E-state index in [1.165, 1.54) is 21.9 Å². The Morgan fingerprint density at radius 1 is 1.42 bits per heavy atom. The molecular formula is C16H12N3NaO3S. The Hall–Kier alpha value is -1.41. The topological polar surface area (TPSA) is 77.7 Å². The summed E-state index contributed by atoms with van der Waals surface area (Å²) in [4.78, 5) is 31.5. The van der Waals surface area contributed by atoms with Crippen LogP contribution in [0.5, 0.6) is 0 Å². The molecule has 8 heteroatoms. The first kappa shape index (κ1) is 16.1. The normalized spacial score (nSPS) is 23.1. The first-order valence-corrected chi connectivity index (χ1v) is 8.41. The molecule has 1 saturated heterocycles. The molecule has 1 unspecified atom stereocenters. The zero-order chi connectivity index (χ0) is 15.7. The molecule has 0 spiro atoms. The van der Waals surface area contributed by atoms with E-state index in [-0.39, 0.29) is 47.2 Å². The van der Waals surface area contributed by atoms with Crippen molar-refractivity contribution in [1.82, 2.24) is 14.3 Å². The average molecular weight is 349 g/mol. The number of hydrogen-bond donors (Lipinski definition) is 0. The Bertz CT molecular complexity index is 955. The largest absolute Gasteiger partial charge is 1.00 e. The number of aliphatic carboxylic acids is 1. The van der Waals surface area contributed by atoms with Crippen LogP contribution in [-0.2, 0) is 22.4 Å². The van der Waals surface area contributed by atoms with E-state index in [4.69, 9.17) is 0 Å². The number of rotatable bonds is 2. The summed E-state index contributed by atoms with van der Waals surface area (Å²) in [5, 5.41) is 11.0. The predicted octanol–water partition coefficient (Wildman–Crippen LogP) is -2.48. The summed E-state index contributed by atoms with van der Waals surface area (Å²) in [6.07, 6.45) is 9.25. The fourth-order valence-electron chi connectivity index (χ4n) is 3.72. The number of fused-ring (bicyclic) bond motifs is 4. The monoisotopic (exact) mass is 349 g/mol. The smallest absolute Gasteiger partial charge is 0.543 e. The fourth-order valence-corrected chi connectivity index (χ4v) is 4.91. The van der Waals surface area contributed by atoms with E-state index >= 15 is 0 Å². The molecule has 0 N–H and O–H groups in total. The van der Waals surface area contributed by atoms with Gasteiger partial charge in [0.1, 0.15) is 0 Å². The standard InChI is InChI=1S/C16H13N3O3S.Na/c20-14-9(10-4-5-12(15(21)22)19(10)14)6-8-7-18-11-2-1-3-13(11)23-16(18)17-8;/h5-7,10H,1-4H2,(H,21,22);/q;+1/p-1/b9-6+;. The van der Waals surface area contributed by atoms with Crippen molar-refractivity contribution in [1.29, 1.82) is 0 Å². The van der Waals surface area contributed by atoms with Gasteiger partial charge in [-0.3, -0.25) is 14.1 Å². The molecule has 1 aliphatic carbocycles. The van der Waals surface area contributed by atoms with Crippen molar-refractivity contribution in [2.24, 2.45) is 0 Å². The van der Waals surface area contributed by atoms with Crippen molar-refractivity contribution < 1.29 is 44.3 Å². The molecule has 4 heterocycles.